The summed E-state index contributed by atoms with van der Waals surface area (Å²) in [7, 11) is -4.97. The molecule has 0 saturated carbocycles. The van der Waals surface area contributed by atoms with Crippen LogP contribution in [-0.4, -0.2) is 58.6 Å². The minimum atomic E-state index is -4.97. The summed E-state index contributed by atoms with van der Waals surface area (Å²) in [6, 6.07) is 0. The molecular formula is C6H21N3O12S. The van der Waals surface area contributed by atoms with Gasteiger partial charge in [-0.15, -0.1) is 0 Å². The molecule has 0 fully saturated rings. The summed E-state index contributed by atoms with van der Waals surface area (Å²) >= 11 is 0. The van der Waals surface area contributed by atoms with Gasteiger partial charge >= 0.3 is 5.97 Å². The molecule has 1 heterocycles. The van der Waals surface area contributed by atoms with Crippen molar-refractivity contribution in [3.63, 3.8) is 0 Å². The molecule has 17 N–H and O–H groups in total. The molecule has 0 spiro atoms. The second-order valence-electron chi connectivity index (χ2n) is 2.77. The van der Waals surface area contributed by atoms with Crippen LogP contribution in [0.2, 0.25) is 0 Å². The number of rotatable bonds is 3. The number of carbonyl (C=O) groups excluding carboxylic acids is 1. The second-order valence-corrected chi connectivity index (χ2v) is 3.72. The van der Waals surface area contributed by atoms with Crippen molar-refractivity contribution in [2.45, 2.75) is 12.2 Å². The molecular weight excluding hydrogens is 338 g/mol. The lowest BCUT2D eigenvalue weighted by Gasteiger charge is -2.14. The van der Waals surface area contributed by atoms with Crippen molar-refractivity contribution in [2.24, 2.45) is 0 Å². The Morgan fingerprint density at radius 2 is 1.68 bits per heavy atom. The van der Waals surface area contributed by atoms with E-state index < -0.39 is 46.7 Å². The number of aliphatic hydroxyl groups excluding tert-OH is 3. The molecule has 1 aliphatic rings. The number of cyclic esters (lactones) is 1. The van der Waals surface area contributed by atoms with E-state index >= 15 is 0 Å². The Morgan fingerprint density at radius 1 is 1.32 bits per heavy atom. The molecule has 0 unspecified atom stereocenters. The average molecular weight is 359 g/mol. The number of hydrogen-bond donors (Lipinski definition) is 6. The third-order valence-electron chi connectivity index (χ3n) is 1.54. The van der Waals surface area contributed by atoms with Crippen LogP contribution in [0, 0.1) is 0 Å². The van der Waals surface area contributed by atoms with Crippen LogP contribution < -0.4 is 28.8 Å². The molecule has 2 atom stereocenters. The van der Waals surface area contributed by atoms with Crippen LogP contribution in [0.1, 0.15) is 0 Å². The molecule has 0 bridgehead atoms. The van der Waals surface area contributed by atoms with Gasteiger partial charge in [-0.05, 0) is 0 Å². The zero-order valence-corrected chi connectivity index (χ0v) is 12.7. The van der Waals surface area contributed by atoms with Gasteiger partial charge in [0.05, 0.1) is 6.61 Å². The van der Waals surface area contributed by atoms with Gasteiger partial charge in [0.15, 0.2) is 6.10 Å². The predicted octanol–water partition coefficient (Wildman–Crippen LogP) is -4.56. The van der Waals surface area contributed by atoms with Crippen LogP contribution in [0.15, 0.2) is 11.5 Å². The van der Waals surface area contributed by atoms with E-state index in [4.69, 9.17) is 33.5 Å². The van der Waals surface area contributed by atoms with Crippen LogP contribution in [0.4, 0.5) is 0 Å². The average Bonchev–Trinajstić information content (AvgIpc) is 2.56. The van der Waals surface area contributed by atoms with Crippen LogP contribution in [0.3, 0.4) is 0 Å². The van der Waals surface area contributed by atoms with Crippen molar-refractivity contribution in [1.82, 2.24) is 18.5 Å². The van der Waals surface area contributed by atoms with E-state index in [1.165, 1.54) is 0 Å². The van der Waals surface area contributed by atoms with E-state index in [1.807, 2.05) is 0 Å². The molecule has 0 aromatic carbocycles. The highest BCUT2D eigenvalue weighted by atomic mass is 32.3. The Morgan fingerprint density at radius 3 is 1.86 bits per heavy atom. The minimum Gasteiger partial charge on any atom is -0.865 e. The Balaban J connectivity index is -0.0000000857. The standard InChI is InChI=1S/C6H8O6.3H3N.H2O5S.H2O/c7-1-2(8)5-3(9)4(10)6(11)12-5;;;;1-5-6(2,3)4;/h2,5,7-10H,1H2;3*1H3;1H,(H,2,3,4);1H2/t2-,5+;;;;;/m0...../s1. The molecule has 0 amide bonds. The number of ether oxygens (including phenoxy) is 1. The smallest absolute Gasteiger partial charge is 0.327 e. The van der Waals surface area contributed by atoms with E-state index in [1.54, 1.807) is 0 Å². The van der Waals surface area contributed by atoms with Crippen LogP contribution in [-0.2, 0) is 24.3 Å². The first-order valence-electron chi connectivity index (χ1n) is 4.01. The fourth-order valence-corrected chi connectivity index (χ4v) is 0.815. The predicted molar refractivity (Wildman–Crippen MR) is 65.0 cm³/mol. The Labute approximate surface area is 124 Å². The molecule has 15 nitrogen and oxygen atoms in total. The molecule has 0 radical (unpaired) electrons. The maximum absolute atomic E-state index is 10.6. The van der Waals surface area contributed by atoms with E-state index in [-0.39, 0.29) is 23.9 Å². The summed E-state index contributed by atoms with van der Waals surface area (Å²) < 4.78 is 33.1. The summed E-state index contributed by atoms with van der Waals surface area (Å²) in [5.41, 5.74) is 0. The maximum atomic E-state index is 10.6. The first-order chi connectivity index (χ1) is 8.14. The van der Waals surface area contributed by atoms with E-state index in [0.29, 0.717) is 0 Å². The molecule has 0 aromatic rings. The van der Waals surface area contributed by atoms with Crippen molar-refractivity contribution in [3.8, 4) is 0 Å². The number of hydrogen-bond acceptors (Lipinski definition) is 11. The highest BCUT2D eigenvalue weighted by Gasteiger charge is 2.34. The Hall–Kier alpha value is -1.60. The molecule has 0 aliphatic carbocycles. The third kappa shape index (κ3) is 10.2. The first-order valence-corrected chi connectivity index (χ1v) is 5.34. The van der Waals surface area contributed by atoms with Gasteiger partial charge in [-0.25, -0.2) is 13.2 Å². The van der Waals surface area contributed by atoms with Crippen molar-refractivity contribution in [2.75, 3.05) is 6.61 Å². The molecule has 138 valence electrons. The fraction of sp³-hybridized carbons (Fsp3) is 0.500. The van der Waals surface area contributed by atoms with Gasteiger partial charge in [-0.2, -0.15) is 0 Å². The second kappa shape index (κ2) is 13.1. The molecule has 0 saturated heterocycles. The molecule has 0 aromatic heterocycles. The third-order valence-corrected chi connectivity index (χ3v) is 1.71. The number of esters is 1. The largest absolute Gasteiger partial charge is 0.865 e. The summed E-state index contributed by atoms with van der Waals surface area (Å²) in [5.74, 6) is -3.25. The fourth-order valence-electron chi connectivity index (χ4n) is 0.815. The summed E-state index contributed by atoms with van der Waals surface area (Å²) in [5, 5.41) is 45.3. The van der Waals surface area contributed by atoms with Gasteiger partial charge in [-0.1, -0.05) is 0 Å². The summed E-state index contributed by atoms with van der Waals surface area (Å²) in [4.78, 5) is 10.5. The highest BCUT2D eigenvalue weighted by molar-refractivity contribution is 7.80. The van der Waals surface area contributed by atoms with Gasteiger partial charge in [-0.3, -0.25) is 0 Å². The topological polar surface area (TPSA) is 341 Å². The van der Waals surface area contributed by atoms with Gasteiger partial charge in [0.2, 0.25) is 10.4 Å². The molecule has 1 aliphatic heterocycles. The van der Waals surface area contributed by atoms with Gasteiger partial charge < -0.3 is 63.2 Å². The van der Waals surface area contributed by atoms with Crippen molar-refractivity contribution in [1.29, 1.82) is 0 Å². The van der Waals surface area contributed by atoms with E-state index in [9.17, 15) is 9.90 Å². The van der Waals surface area contributed by atoms with E-state index in [2.05, 4.69) is 9.07 Å². The van der Waals surface area contributed by atoms with Crippen LogP contribution in [0.5, 0.6) is 0 Å². The van der Waals surface area contributed by atoms with Gasteiger partial charge in [0, 0.05) is 5.76 Å². The molecule has 1 rings (SSSR count). The normalized spacial score (nSPS) is 17.3. The SMILES string of the molecule is O.O=C1O[C@H]([C@@H](O)CO)C(O)=C1[O-].O=S(=O)([O-])O[O-].[NH4+].[NH4+].[NH4+]. The van der Waals surface area contributed by atoms with E-state index in [0.717, 1.165) is 0 Å². The molecule has 22 heavy (non-hydrogen) atoms. The minimum absolute atomic E-state index is 0. The number of aliphatic hydroxyl groups is 3. The van der Waals surface area contributed by atoms with Crippen molar-refractivity contribution in [3.05, 3.63) is 11.5 Å². The Kier molecular flexibility index (Phi) is 19.3. The van der Waals surface area contributed by atoms with Gasteiger partial charge in [0.1, 0.15) is 11.9 Å². The Bertz CT molecular complexity index is 436. The first kappa shape index (κ1) is 32.4. The number of carbonyl (C=O) groups is 1. The number of quaternary nitrogens is 3. The zero-order chi connectivity index (χ0) is 14.5. The zero-order valence-electron chi connectivity index (χ0n) is 11.9. The summed E-state index contributed by atoms with van der Waals surface area (Å²) in [6.07, 6.45) is -2.88. The maximum Gasteiger partial charge on any atom is 0.327 e. The highest BCUT2D eigenvalue weighted by Crippen LogP contribution is 2.19. The van der Waals surface area contributed by atoms with Crippen LogP contribution in [0.25, 0.3) is 0 Å². The molecule has 16 heteroatoms. The van der Waals surface area contributed by atoms with Crippen LogP contribution >= 0.6 is 0 Å². The lowest BCUT2D eigenvalue weighted by molar-refractivity contribution is -0.637. The van der Waals surface area contributed by atoms with Crippen molar-refractivity contribution < 1.29 is 58.0 Å². The van der Waals surface area contributed by atoms with Crippen molar-refractivity contribution >= 4 is 16.4 Å². The summed E-state index contributed by atoms with van der Waals surface area (Å²) in [6.45, 7) is -0.699. The van der Waals surface area contributed by atoms with Gasteiger partial charge in [0.25, 0.3) is 0 Å². The quantitative estimate of drug-likeness (QED) is 0.0914. The monoisotopic (exact) mass is 359 g/mol. The lowest BCUT2D eigenvalue weighted by Crippen LogP contribution is -2.31. The lowest BCUT2D eigenvalue weighted by atomic mass is 10.2.